The Balaban J connectivity index is 2.08. The average Bonchev–Trinajstić information content (AvgIpc) is 2.45. The van der Waals surface area contributed by atoms with E-state index in [0.29, 0.717) is 13.1 Å². The molecule has 100 valence electrons. The topological polar surface area (TPSA) is 65.5 Å². The smallest absolute Gasteiger partial charge is 0.317 e. The molecule has 0 aliphatic heterocycles. The van der Waals surface area contributed by atoms with E-state index < -0.39 is 0 Å². The first-order valence-electron chi connectivity index (χ1n) is 6.15. The lowest BCUT2D eigenvalue weighted by molar-refractivity contribution is 0.190. The Morgan fingerprint density at radius 3 is 2.95 bits per heavy atom. The van der Waals surface area contributed by atoms with Crippen LogP contribution >= 0.6 is 0 Å². The lowest BCUT2D eigenvalue weighted by Crippen LogP contribution is -2.38. The summed E-state index contributed by atoms with van der Waals surface area (Å²) in [7, 11) is 1.65. The van der Waals surface area contributed by atoms with E-state index in [2.05, 4.69) is 10.3 Å². The number of urea groups is 1. The highest BCUT2D eigenvalue weighted by Crippen LogP contribution is 2.15. The van der Waals surface area contributed by atoms with Crippen molar-refractivity contribution >= 4 is 16.9 Å². The summed E-state index contributed by atoms with van der Waals surface area (Å²) in [5.74, 6) is 0. The normalized spacial score (nSPS) is 10.4. The maximum Gasteiger partial charge on any atom is 0.317 e. The molecule has 0 saturated carbocycles. The van der Waals surface area contributed by atoms with Gasteiger partial charge in [-0.3, -0.25) is 4.98 Å². The first-order valence-corrected chi connectivity index (χ1v) is 6.15. The molecule has 1 aromatic carbocycles. The molecule has 0 radical (unpaired) electrons. The zero-order chi connectivity index (χ0) is 13.7. The van der Waals surface area contributed by atoms with Crippen molar-refractivity contribution in [3.05, 3.63) is 42.1 Å². The van der Waals surface area contributed by atoms with Crippen molar-refractivity contribution in [2.75, 3.05) is 20.2 Å². The molecule has 0 aliphatic carbocycles. The van der Waals surface area contributed by atoms with Crippen molar-refractivity contribution in [3.8, 4) is 0 Å². The van der Waals surface area contributed by atoms with E-state index >= 15 is 0 Å². The number of aromatic nitrogens is 1. The van der Waals surface area contributed by atoms with Gasteiger partial charge in [0, 0.05) is 31.7 Å². The lowest BCUT2D eigenvalue weighted by atomic mass is 10.1. The molecule has 0 bridgehead atoms. The van der Waals surface area contributed by atoms with Crippen LogP contribution in [0.5, 0.6) is 0 Å². The van der Waals surface area contributed by atoms with Gasteiger partial charge in [-0.05, 0) is 11.6 Å². The zero-order valence-corrected chi connectivity index (χ0v) is 10.8. The third-order valence-electron chi connectivity index (χ3n) is 2.93. The number of pyridine rings is 1. The summed E-state index contributed by atoms with van der Waals surface area (Å²) in [6.45, 7) is 0.697. The van der Waals surface area contributed by atoms with Crippen molar-refractivity contribution in [2.45, 2.75) is 6.54 Å². The van der Waals surface area contributed by atoms with Gasteiger partial charge in [-0.15, -0.1) is 0 Å². The first-order chi connectivity index (χ1) is 9.22. The Labute approximate surface area is 111 Å². The van der Waals surface area contributed by atoms with E-state index in [1.54, 1.807) is 13.2 Å². The SMILES string of the molecule is CN(CCO)C(=O)NCc1cccc2cccnc12. The Kier molecular flexibility index (Phi) is 4.30. The third-order valence-corrected chi connectivity index (χ3v) is 2.93. The molecule has 2 rings (SSSR count). The fourth-order valence-electron chi connectivity index (χ4n) is 1.87. The number of nitrogens with one attached hydrogen (secondary N) is 1. The molecular weight excluding hydrogens is 242 g/mol. The second-order valence-electron chi connectivity index (χ2n) is 4.30. The number of aliphatic hydroxyl groups is 1. The van der Waals surface area contributed by atoms with Gasteiger partial charge in [0.1, 0.15) is 0 Å². The minimum absolute atomic E-state index is 0.0419. The summed E-state index contributed by atoms with van der Waals surface area (Å²) in [5, 5.41) is 12.6. The number of para-hydroxylation sites is 1. The predicted molar refractivity (Wildman–Crippen MR) is 73.7 cm³/mol. The summed E-state index contributed by atoms with van der Waals surface area (Å²) in [4.78, 5) is 17.5. The van der Waals surface area contributed by atoms with Gasteiger partial charge in [0.25, 0.3) is 0 Å². The van der Waals surface area contributed by atoms with Crippen LogP contribution in [0, 0.1) is 0 Å². The van der Waals surface area contributed by atoms with E-state index in [1.807, 2.05) is 30.3 Å². The van der Waals surface area contributed by atoms with Crippen molar-refractivity contribution < 1.29 is 9.90 Å². The summed E-state index contributed by atoms with van der Waals surface area (Å²) in [5.41, 5.74) is 1.87. The summed E-state index contributed by atoms with van der Waals surface area (Å²) >= 11 is 0. The fourth-order valence-corrected chi connectivity index (χ4v) is 1.87. The molecule has 0 spiro atoms. The Morgan fingerprint density at radius 1 is 1.37 bits per heavy atom. The van der Waals surface area contributed by atoms with Crippen molar-refractivity contribution in [1.82, 2.24) is 15.2 Å². The molecule has 0 aliphatic rings. The molecular formula is C14H17N3O2. The monoisotopic (exact) mass is 259 g/mol. The maximum atomic E-state index is 11.7. The minimum atomic E-state index is -0.206. The largest absolute Gasteiger partial charge is 0.395 e. The number of nitrogens with zero attached hydrogens (tertiary/aromatic N) is 2. The van der Waals surface area contributed by atoms with E-state index in [-0.39, 0.29) is 12.6 Å². The third kappa shape index (κ3) is 3.20. The van der Waals surface area contributed by atoms with Gasteiger partial charge < -0.3 is 15.3 Å². The number of hydrogen-bond acceptors (Lipinski definition) is 3. The highest BCUT2D eigenvalue weighted by Gasteiger charge is 2.08. The number of amides is 2. The molecule has 1 heterocycles. The molecule has 2 aromatic rings. The average molecular weight is 259 g/mol. The van der Waals surface area contributed by atoms with Gasteiger partial charge >= 0.3 is 6.03 Å². The molecule has 1 aromatic heterocycles. The van der Waals surface area contributed by atoms with Crippen LogP contribution in [0.3, 0.4) is 0 Å². The van der Waals surface area contributed by atoms with Crippen LogP contribution in [0.2, 0.25) is 0 Å². The number of carbonyl (C=O) groups is 1. The zero-order valence-electron chi connectivity index (χ0n) is 10.8. The van der Waals surface area contributed by atoms with Gasteiger partial charge in [-0.25, -0.2) is 4.79 Å². The van der Waals surface area contributed by atoms with Crippen LogP contribution in [-0.4, -0.2) is 41.2 Å². The first kappa shape index (κ1) is 13.3. The highest BCUT2D eigenvalue weighted by atomic mass is 16.3. The van der Waals surface area contributed by atoms with Crippen LogP contribution in [0.4, 0.5) is 4.79 Å². The molecule has 2 N–H and O–H groups in total. The van der Waals surface area contributed by atoms with E-state index in [4.69, 9.17) is 5.11 Å². The molecule has 0 unspecified atom stereocenters. The molecule has 0 atom stereocenters. The lowest BCUT2D eigenvalue weighted by Gasteiger charge is -2.16. The number of aliphatic hydroxyl groups excluding tert-OH is 1. The van der Waals surface area contributed by atoms with Gasteiger partial charge in [-0.2, -0.15) is 0 Å². The number of carbonyl (C=O) groups excluding carboxylic acids is 1. The minimum Gasteiger partial charge on any atom is -0.395 e. The quantitative estimate of drug-likeness (QED) is 0.871. The van der Waals surface area contributed by atoms with Crippen LogP contribution in [0.1, 0.15) is 5.56 Å². The molecule has 0 fully saturated rings. The highest BCUT2D eigenvalue weighted by molar-refractivity contribution is 5.82. The molecule has 19 heavy (non-hydrogen) atoms. The molecule has 5 nitrogen and oxygen atoms in total. The fraction of sp³-hybridized carbons (Fsp3) is 0.286. The van der Waals surface area contributed by atoms with E-state index in [9.17, 15) is 4.79 Å². The van der Waals surface area contributed by atoms with Gasteiger partial charge in [0.05, 0.1) is 12.1 Å². The van der Waals surface area contributed by atoms with Crippen molar-refractivity contribution in [3.63, 3.8) is 0 Å². The standard InChI is InChI=1S/C14H17N3O2/c1-17(8-9-18)14(19)16-10-12-5-2-4-11-6-3-7-15-13(11)12/h2-7,18H,8-10H2,1H3,(H,16,19). The molecule has 2 amide bonds. The summed E-state index contributed by atoms with van der Waals surface area (Å²) < 4.78 is 0. The Morgan fingerprint density at radius 2 is 2.16 bits per heavy atom. The van der Waals surface area contributed by atoms with Gasteiger partial charge in [0.2, 0.25) is 0 Å². The van der Waals surface area contributed by atoms with Crippen LogP contribution in [-0.2, 0) is 6.54 Å². The van der Waals surface area contributed by atoms with Crippen molar-refractivity contribution in [2.24, 2.45) is 0 Å². The second kappa shape index (κ2) is 6.15. The van der Waals surface area contributed by atoms with Crippen LogP contribution in [0.15, 0.2) is 36.5 Å². The number of hydrogen-bond donors (Lipinski definition) is 2. The number of likely N-dealkylation sites (N-methyl/N-ethyl adjacent to an activating group) is 1. The van der Waals surface area contributed by atoms with Gasteiger partial charge in [0.15, 0.2) is 0 Å². The Bertz CT molecular complexity index is 566. The predicted octanol–water partition coefficient (Wildman–Crippen LogP) is 1.37. The summed E-state index contributed by atoms with van der Waals surface area (Å²) in [6, 6.07) is 9.56. The number of benzene rings is 1. The number of fused-ring (bicyclic) bond motifs is 1. The second-order valence-corrected chi connectivity index (χ2v) is 4.30. The van der Waals surface area contributed by atoms with E-state index in [0.717, 1.165) is 16.5 Å². The molecule has 5 heteroatoms. The van der Waals surface area contributed by atoms with Gasteiger partial charge in [-0.1, -0.05) is 24.3 Å². The molecule has 0 saturated heterocycles. The van der Waals surface area contributed by atoms with E-state index in [1.165, 1.54) is 4.90 Å². The summed E-state index contributed by atoms with van der Waals surface area (Å²) in [6.07, 6.45) is 1.74. The van der Waals surface area contributed by atoms with Crippen LogP contribution in [0.25, 0.3) is 10.9 Å². The Hall–Kier alpha value is -2.14. The number of rotatable bonds is 4. The van der Waals surface area contributed by atoms with Crippen molar-refractivity contribution in [1.29, 1.82) is 0 Å². The van der Waals surface area contributed by atoms with Crippen LogP contribution < -0.4 is 5.32 Å². The maximum absolute atomic E-state index is 11.7.